The molecule has 16 heavy (non-hydrogen) atoms. The van der Waals surface area contributed by atoms with Crippen molar-refractivity contribution in [2.75, 3.05) is 0 Å². The summed E-state index contributed by atoms with van der Waals surface area (Å²) in [4.78, 5) is 4.12. The molecule has 3 heterocycles. The first-order valence-corrected chi connectivity index (χ1v) is 5.71. The second kappa shape index (κ2) is 3.80. The van der Waals surface area contributed by atoms with E-state index in [9.17, 15) is 0 Å². The molecule has 0 radical (unpaired) electrons. The van der Waals surface area contributed by atoms with Gasteiger partial charge in [0.25, 0.3) is 0 Å². The fourth-order valence-electron chi connectivity index (χ4n) is 2.10. The number of nitrogens with zero attached hydrogens (tertiary/aromatic N) is 2. The Hall–Kier alpha value is -1.54. The maximum atomic E-state index is 6.12. The van der Waals surface area contributed by atoms with E-state index >= 15 is 0 Å². The highest BCUT2D eigenvalue weighted by molar-refractivity contribution is 6.32. The molecule has 0 saturated carbocycles. The van der Waals surface area contributed by atoms with Gasteiger partial charge in [-0.25, -0.2) is 4.98 Å². The molecular formula is C13H11ClN2. The van der Waals surface area contributed by atoms with Crippen LogP contribution in [0.15, 0.2) is 36.5 Å². The normalized spacial score (nSPS) is 13.8. The van der Waals surface area contributed by atoms with Gasteiger partial charge >= 0.3 is 0 Å². The first-order valence-electron chi connectivity index (χ1n) is 5.33. The summed E-state index contributed by atoms with van der Waals surface area (Å²) in [5, 5.41) is 0.568. The van der Waals surface area contributed by atoms with Crippen molar-refractivity contribution in [3.63, 3.8) is 0 Å². The van der Waals surface area contributed by atoms with Crippen molar-refractivity contribution in [2.24, 2.45) is 0 Å². The lowest BCUT2D eigenvalue weighted by Crippen LogP contribution is -2.04. The highest BCUT2D eigenvalue weighted by Crippen LogP contribution is 2.29. The van der Waals surface area contributed by atoms with Crippen molar-refractivity contribution in [1.29, 1.82) is 0 Å². The fraction of sp³-hybridized carbons (Fsp3) is 0.154. The Balaban J connectivity index is 2.18. The van der Waals surface area contributed by atoms with Gasteiger partial charge in [-0.2, -0.15) is 0 Å². The second-order valence-electron chi connectivity index (χ2n) is 3.83. The van der Waals surface area contributed by atoms with E-state index in [1.807, 2.05) is 12.1 Å². The lowest BCUT2D eigenvalue weighted by Gasteiger charge is -2.14. The van der Waals surface area contributed by atoms with Gasteiger partial charge in [0.2, 0.25) is 0 Å². The molecule has 0 aromatic carbocycles. The van der Waals surface area contributed by atoms with Crippen molar-refractivity contribution in [1.82, 2.24) is 9.55 Å². The van der Waals surface area contributed by atoms with Gasteiger partial charge in [-0.15, -0.1) is 0 Å². The maximum absolute atomic E-state index is 6.12. The zero-order valence-corrected chi connectivity index (χ0v) is 9.48. The van der Waals surface area contributed by atoms with Gasteiger partial charge in [-0.1, -0.05) is 17.7 Å². The van der Waals surface area contributed by atoms with E-state index in [0.717, 1.165) is 24.2 Å². The Morgan fingerprint density at radius 3 is 3.06 bits per heavy atom. The van der Waals surface area contributed by atoms with E-state index in [1.165, 1.54) is 5.69 Å². The molecule has 1 aliphatic heterocycles. The molecule has 3 rings (SSSR count). The molecule has 3 heteroatoms. The predicted octanol–water partition coefficient (Wildman–Crippen LogP) is 3.62. The number of aromatic nitrogens is 2. The number of hydrogen-bond acceptors (Lipinski definition) is 1. The first kappa shape index (κ1) is 9.67. The molecule has 0 N–H and O–H groups in total. The monoisotopic (exact) mass is 230 g/mol. The maximum Gasteiger partial charge on any atom is 0.138 e. The lowest BCUT2D eigenvalue weighted by molar-refractivity contribution is 0.704. The lowest BCUT2D eigenvalue weighted by atomic mass is 10.2. The molecule has 0 atom stereocenters. The van der Waals surface area contributed by atoms with Gasteiger partial charge in [-0.05, 0) is 36.8 Å². The van der Waals surface area contributed by atoms with E-state index in [4.69, 9.17) is 11.6 Å². The fourth-order valence-corrected chi connectivity index (χ4v) is 2.31. The number of halogens is 1. The third-order valence-electron chi connectivity index (χ3n) is 2.86. The Bertz CT molecular complexity index is 555. The van der Waals surface area contributed by atoms with Crippen molar-refractivity contribution in [2.45, 2.75) is 13.0 Å². The molecule has 0 aliphatic carbocycles. The van der Waals surface area contributed by atoms with E-state index in [-0.39, 0.29) is 0 Å². The second-order valence-corrected chi connectivity index (χ2v) is 4.19. The molecule has 0 bridgehead atoms. The van der Waals surface area contributed by atoms with Crippen molar-refractivity contribution < 1.29 is 0 Å². The van der Waals surface area contributed by atoms with Crippen LogP contribution < -0.4 is 0 Å². The number of allylic oxidation sites excluding steroid dienone is 1. The molecule has 0 amide bonds. The largest absolute Gasteiger partial charge is 0.341 e. The Morgan fingerprint density at radius 2 is 2.19 bits per heavy atom. The van der Waals surface area contributed by atoms with Crippen LogP contribution in [0.3, 0.4) is 0 Å². The summed E-state index contributed by atoms with van der Waals surface area (Å²) < 4.78 is 2.28. The zero-order valence-electron chi connectivity index (χ0n) is 8.73. The number of pyridine rings is 1. The molecule has 0 fully saturated rings. The highest BCUT2D eigenvalue weighted by Gasteiger charge is 2.12. The van der Waals surface area contributed by atoms with Crippen LogP contribution in [0.1, 0.15) is 12.1 Å². The summed E-state index contributed by atoms with van der Waals surface area (Å²) in [6, 6.07) is 8.15. The molecule has 0 unspecified atom stereocenters. The Labute approximate surface area is 99.2 Å². The summed E-state index contributed by atoms with van der Waals surface area (Å²) in [5.41, 5.74) is 3.39. The van der Waals surface area contributed by atoms with Crippen molar-refractivity contribution >= 4 is 17.7 Å². The average molecular weight is 231 g/mol. The SMILES string of the molecule is Clc1ncccc1-c1ccc2n1CCC=C2. The van der Waals surface area contributed by atoms with Gasteiger partial charge in [-0.3, -0.25) is 0 Å². The molecule has 0 spiro atoms. The van der Waals surface area contributed by atoms with Crippen LogP contribution in [0, 0.1) is 0 Å². The van der Waals surface area contributed by atoms with Crippen LogP contribution in [0.2, 0.25) is 5.15 Å². The predicted molar refractivity (Wildman–Crippen MR) is 66.3 cm³/mol. The van der Waals surface area contributed by atoms with Crippen molar-refractivity contribution in [3.05, 3.63) is 47.4 Å². The Morgan fingerprint density at radius 1 is 1.25 bits per heavy atom. The minimum Gasteiger partial charge on any atom is -0.341 e. The van der Waals surface area contributed by atoms with Gasteiger partial charge < -0.3 is 4.57 Å². The van der Waals surface area contributed by atoms with Crippen LogP contribution in [-0.2, 0) is 6.54 Å². The number of fused-ring (bicyclic) bond motifs is 1. The third kappa shape index (κ3) is 1.46. The Kier molecular flexibility index (Phi) is 2.29. The first-order chi connectivity index (χ1) is 7.86. The average Bonchev–Trinajstić information content (AvgIpc) is 2.74. The summed E-state index contributed by atoms with van der Waals surface area (Å²) >= 11 is 6.12. The molecule has 2 aromatic rings. The summed E-state index contributed by atoms with van der Waals surface area (Å²) in [6.07, 6.45) is 7.14. The van der Waals surface area contributed by atoms with E-state index < -0.39 is 0 Å². The molecule has 0 saturated heterocycles. The quantitative estimate of drug-likeness (QED) is 0.685. The minimum absolute atomic E-state index is 0.568. The van der Waals surface area contributed by atoms with E-state index in [0.29, 0.717) is 5.15 Å². The molecule has 2 nitrogen and oxygen atoms in total. The summed E-state index contributed by atoms with van der Waals surface area (Å²) in [6.45, 7) is 1.01. The minimum atomic E-state index is 0.568. The van der Waals surface area contributed by atoms with Gasteiger partial charge in [0.1, 0.15) is 5.15 Å². The van der Waals surface area contributed by atoms with Crippen LogP contribution in [0.4, 0.5) is 0 Å². The summed E-state index contributed by atoms with van der Waals surface area (Å²) in [5.74, 6) is 0. The molecular weight excluding hydrogens is 220 g/mol. The van der Waals surface area contributed by atoms with Crippen LogP contribution in [0.25, 0.3) is 17.3 Å². The van der Waals surface area contributed by atoms with Gasteiger partial charge in [0.15, 0.2) is 0 Å². The molecule has 1 aliphatic rings. The molecule has 80 valence electrons. The van der Waals surface area contributed by atoms with Crippen LogP contribution in [0.5, 0.6) is 0 Å². The van der Waals surface area contributed by atoms with Crippen LogP contribution in [-0.4, -0.2) is 9.55 Å². The third-order valence-corrected chi connectivity index (χ3v) is 3.16. The van der Waals surface area contributed by atoms with Crippen LogP contribution >= 0.6 is 11.6 Å². The topological polar surface area (TPSA) is 17.8 Å². The standard InChI is InChI=1S/C13H11ClN2/c14-13-11(5-3-8-15-13)12-7-6-10-4-1-2-9-16(10)12/h1,3-8H,2,9H2. The van der Waals surface area contributed by atoms with Crippen molar-refractivity contribution in [3.8, 4) is 11.3 Å². The zero-order chi connectivity index (χ0) is 11.0. The van der Waals surface area contributed by atoms with E-state index in [1.54, 1.807) is 6.20 Å². The molecule has 2 aromatic heterocycles. The smallest absolute Gasteiger partial charge is 0.138 e. The van der Waals surface area contributed by atoms with E-state index in [2.05, 4.69) is 33.8 Å². The highest BCUT2D eigenvalue weighted by atomic mass is 35.5. The van der Waals surface area contributed by atoms with Gasteiger partial charge in [0, 0.05) is 24.0 Å². The summed E-state index contributed by atoms with van der Waals surface area (Å²) in [7, 11) is 0. The number of hydrogen-bond donors (Lipinski definition) is 0. The van der Waals surface area contributed by atoms with Gasteiger partial charge in [0.05, 0.1) is 5.69 Å². The number of rotatable bonds is 1.